The van der Waals surface area contributed by atoms with E-state index >= 15 is 0 Å². The van der Waals surface area contributed by atoms with Gasteiger partial charge in [0.25, 0.3) is 0 Å². The van der Waals surface area contributed by atoms with Gasteiger partial charge in [-0.15, -0.1) is 0 Å². The van der Waals surface area contributed by atoms with Crippen molar-refractivity contribution < 1.29 is 14.3 Å². The summed E-state index contributed by atoms with van der Waals surface area (Å²) in [4.78, 5) is 12.6. The van der Waals surface area contributed by atoms with Gasteiger partial charge >= 0.3 is 0 Å². The number of carbonyl (C=O) groups excluding carboxylic acids is 1. The summed E-state index contributed by atoms with van der Waals surface area (Å²) in [6, 6.07) is 19.4. The molecule has 3 aromatic rings. The van der Waals surface area contributed by atoms with E-state index in [0.29, 0.717) is 13.0 Å². The smallest absolute Gasteiger partial charge is 0.222 e. The molecule has 5 nitrogen and oxygen atoms in total. The maximum Gasteiger partial charge on any atom is 0.222 e. The lowest BCUT2D eigenvalue weighted by molar-refractivity contribution is -0.121. The van der Waals surface area contributed by atoms with Gasteiger partial charge in [-0.2, -0.15) is 0 Å². The van der Waals surface area contributed by atoms with Crippen molar-refractivity contribution >= 4 is 5.91 Å². The van der Waals surface area contributed by atoms with Crippen LogP contribution in [0.2, 0.25) is 0 Å². The van der Waals surface area contributed by atoms with E-state index in [1.807, 2.05) is 77.6 Å². The predicted molar refractivity (Wildman–Crippen MR) is 105 cm³/mol. The lowest BCUT2D eigenvalue weighted by atomic mass is 10.0. The number of aromatic nitrogens is 1. The summed E-state index contributed by atoms with van der Waals surface area (Å²) < 4.78 is 12.5. The van der Waals surface area contributed by atoms with Crippen molar-refractivity contribution in [2.45, 2.75) is 19.0 Å². The standard InChI is InChI=1S/C22H24N2O3/c1-26-19-10-8-18(9-11-19)21(24-12-3-4-13-24)15-22(25)23-16-17-6-5-7-20(14-17)27-2/h3-14,21H,15-16H2,1-2H3,(H,23,25)/t21-/m0/s1. The summed E-state index contributed by atoms with van der Waals surface area (Å²) in [5.41, 5.74) is 2.06. The summed E-state index contributed by atoms with van der Waals surface area (Å²) in [6.45, 7) is 0.469. The number of rotatable bonds is 8. The van der Waals surface area contributed by atoms with Crippen molar-refractivity contribution in [1.82, 2.24) is 9.88 Å². The largest absolute Gasteiger partial charge is 0.497 e. The molecule has 0 bridgehead atoms. The highest BCUT2D eigenvalue weighted by molar-refractivity contribution is 5.76. The lowest BCUT2D eigenvalue weighted by Crippen LogP contribution is -2.26. The highest BCUT2D eigenvalue weighted by Crippen LogP contribution is 2.24. The molecule has 0 aliphatic carbocycles. The molecule has 27 heavy (non-hydrogen) atoms. The number of ether oxygens (including phenoxy) is 2. The Balaban J connectivity index is 1.68. The highest BCUT2D eigenvalue weighted by atomic mass is 16.5. The molecule has 1 amide bonds. The monoisotopic (exact) mass is 364 g/mol. The van der Waals surface area contributed by atoms with Crippen molar-refractivity contribution in [3.8, 4) is 11.5 Å². The van der Waals surface area contributed by atoms with Crippen LogP contribution < -0.4 is 14.8 Å². The zero-order chi connectivity index (χ0) is 19.1. The first kappa shape index (κ1) is 18.6. The lowest BCUT2D eigenvalue weighted by Gasteiger charge is -2.20. The van der Waals surface area contributed by atoms with Crippen LogP contribution in [0, 0.1) is 0 Å². The number of nitrogens with one attached hydrogen (secondary N) is 1. The van der Waals surface area contributed by atoms with E-state index in [2.05, 4.69) is 5.32 Å². The molecule has 0 saturated heterocycles. The van der Waals surface area contributed by atoms with Crippen LogP contribution in [-0.2, 0) is 11.3 Å². The van der Waals surface area contributed by atoms with Gasteiger partial charge in [-0.1, -0.05) is 24.3 Å². The first-order valence-corrected chi connectivity index (χ1v) is 8.85. The van der Waals surface area contributed by atoms with Gasteiger partial charge in [-0.3, -0.25) is 4.79 Å². The van der Waals surface area contributed by atoms with E-state index in [-0.39, 0.29) is 11.9 Å². The summed E-state index contributed by atoms with van der Waals surface area (Å²) in [5.74, 6) is 1.57. The molecule has 1 N–H and O–H groups in total. The van der Waals surface area contributed by atoms with E-state index in [1.54, 1.807) is 14.2 Å². The first-order valence-electron chi connectivity index (χ1n) is 8.85. The maximum atomic E-state index is 12.6. The van der Waals surface area contributed by atoms with Crippen molar-refractivity contribution in [2.24, 2.45) is 0 Å². The zero-order valence-corrected chi connectivity index (χ0v) is 15.6. The molecule has 2 aromatic carbocycles. The van der Waals surface area contributed by atoms with E-state index in [9.17, 15) is 4.79 Å². The van der Waals surface area contributed by atoms with Crippen LogP contribution in [0.15, 0.2) is 73.1 Å². The van der Waals surface area contributed by atoms with Crippen molar-refractivity contribution in [3.05, 3.63) is 84.2 Å². The van der Waals surface area contributed by atoms with Crippen molar-refractivity contribution in [3.63, 3.8) is 0 Å². The topological polar surface area (TPSA) is 52.5 Å². The molecule has 0 aliphatic heterocycles. The Morgan fingerprint density at radius 1 is 0.963 bits per heavy atom. The third-order valence-electron chi connectivity index (χ3n) is 4.49. The number of benzene rings is 2. The van der Waals surface area contributed by atoms with Crippen LogP contribution >= 0.6 is 0 Å². The number of amides is 1. The minimum atomic E-state index is -0.0729. The third kappa shape index (κ3) is 4.91. The number of methoxy groups -OCH3 is 2. The fourth-order valence-corrected chi connectivity index (χ4v) is 3.01. The quantitative estimate of drug-likeness (QED) is 0.661. The van der Waals surface area contributed by atoms with Gasteiger partial charge in [0.2, 0.25) is 5.91 Å². The Labute approximate surface area is 159 Å². The number of hydrogen-bond acceptors (Lipinski definition) is 3. The average molecular weight is 364 g/mol. The molecular weight excluding hydrogens is 340 g/mol. The molecule has 0 spiro atoms. The van der Waals surface area contributed by atoms with Crippen LogP contribution in [0.5, 0.6) is 11.5 Å². The van der Waals surface area contributed by atoms with Gasteiger partial charge in [0.15, 0.2) is 0 Å². The number of carbonyl (C=O) groups is 1. The molecule has 0 aliphatic rings. The van der Waals surface area contributed by atoms with Gasteiger partial charge in [-0.05, 0) is 47.5 Å². The molecule has 1 atom stereocenters. The summed E-state index contributed by atoms with van der Waals surface area (Å²) >= 11 is 0. The van der Waals surface area contributed by atoms with Gasteiger partial charge in [0.05, 0.1) is 26.7 Å². The molecule has 0 fully saturated rings. The summed E-state index contributed by atoms with van der Waals surface area (Å²) in [5, 5.41) is 3.00. The fraction of sp³-hybridized carbons (Fsp3) is 0.227. The van der Waals surface area contributed by atoms with Gasteiger partial charge in [-0.25, -0.2) is 0 Å². The van der Waals surface area contributed by atoms with Gasteiger partial charge in [0, 0.05) is 18.9 Å². The predicted octanol–water partition coefficient (Wildman–Crippen LogP) is 3.80. The minimum absolute atomic E-state index is 0.00709. The molecule has 0 radical (unpaired) electrons. The molecule has 140 valence electrons. The highest BCUT2D eigenvalue weighted by Gasteiger charge is 2.17. The van der Waals surface area contributed by atoms with E-state index in [0.717, 1.165) is 22.6 Å². The maximum absolute atomic E-state index is 12.6. The Kier molecular flexibility index (Phi) is 6.15. The number of nitrogens with zero attached hydrogens (tertiary/aromatic N) is 1. The number of hydrogen-bond donors (Lipinski definition) is 1. The van der Waals surface area contributed by atoms with Gasteiger partial charge < -0.3 is 19.4 Å². The summed E-state index contributed by atoms with van der Waals surface area (Å²) in [7, 11) is 3.28. The summed E-state index contributed by atoms with van der Waals surface area (Å²) in [6.07, 6.45) is 4.31. The first-order chi connectivity index (χ1) is 13.2. The second kappa shape index (κ2) is 8.94. The second-order valence-corrected chi connectivity index (χ2v) is 6.25. The van der Waals surface area contributed by atoms with Crippen molar-refractivity contribution in [2.75, 3.05) is 14.2 Å². The second-order valence-electron chi connectivity index (χ2n) is 6.25. The van der Waals surface area contributed by atoms with Crippen LogP contribution in [0.25, 0.3) is 0 Å². The van der Waals surface area contributed by atoms with E-state index in [1.165, 1.54) is 0 Å². The van der Waals surface area contributed by atoms with Crippen molar-refractivity contribution in [1.29, 1.82) is 0 Å². The van der Waals surface area contributed by atoms with Crippen LogP contribution in [-0.4, -0.2) is 24.7 Å². The van der Waals surface area contributed by atoms with Crippen LogP contribution in [0.1, 0.15) is 23.6 Å². The zero-order valence-electron chi connectivity index (χ0n) is 15.6. The van der Waals surface area contributed by atoms with Gasteiger partial charge in [0.1, 0.15) is 11.5 Å². The SMILES string of the molecule is COc1ccc([C@H](CC(=O)NCc2cccc(OC)c2)n2cccc2)cc1. The molecular formula is C22H24N2O3. The van der Waals surface area contributed by atoms with E-state index in [4.69, 9.17) is 9.47 Å². The third-order valence-corrected chi connectivity index (χ3v) is 4.49. The molecule has 3 rings (SSSR count). The molecule has 0 saturated carbocycles. The van der Waals surface area contributed by atoms with E-state index < -0.39 is 0 Å². The Morgan fingerprint density at radius 3 is 2.33 bits per heavy atom. The average Bonchev–Trinajstić information content (AvgIpc) is 3.25. The fourth-order valence-electron chi connectivity index (χ4n) is 3.01. The van der Waals surface area contributed by atoms with Crippen LogP contribution in [0.3, 0.4) is 0 Å². The normalized spacial score (nSPS) is 11.6. The Bertz CT molecular complexity index is 858. The minimum Gasteiger partial charge on any atom is -0.497 e. The molecule has 1 heterocycles. The molecule has 1 aromatic heterocycles. The Morgan fingerprint density at radius 2 is 1.67 bits per heavy atom. The van der Waals surface area contributed by atoms with Crippen LogP contribution in [0.4, 0.5) is 0 Å². The molecule has 0 unspecified atom stereocenters. The Hall–Kier alpha value is -3.21. The molecule has 5 heteroatoms.